The summed E-state index contributed by atoms with van der Waals surface area (Å²) >= 11 is 0. The van der Waals surface area contributed by atoms with Crippen molar-refractivity contribution in [2.45, 2.75) is 45.6 Å². The van der Waals surface area contributed by atoms with E-state index in [4.69, 9.17) is 4.52 Å². The summed E-state index contributed by atoms with van der Waals surface area (Å²) in [7, 11) is 0. The third-order valence-corrected chi connectivity index (χ3v) is 3.29. The van der Waals surface area contributed by atoms with Gasteiger partial charge in [0.05, 0.1) is 6.04 Å². The molecule has 0 aromatic carbocycles. The lowest BCUT2D eigenvalue weighted by atomic mass is 9.94. The third kappa shape index (κ3) is 3.40. The lowest BCUT2D eigenvalue weighted by Gasteiger charge is -2.21. The van der Waals surface area contributed by atoms with Gasteiger partial charge in [0.15, 0.2) is 5.82 Å². The molecule has 1 N–H and O–H groups in total. The fourth-order valence-electron chi connectivity index (χ4n) is 2.23. The van der Waals surface area contributed by atoms with Crippen molar-refractivity contribution in [2.24, 2.45) is 5.92 Å². The number of allylic oxidation sites excluding steroid dienone is 2. The first-order valence-electron chi connectivity index (χ1n) is 6.48. The van der Waals surface area contributed by atoms with Crippen molar-refractivity contribution in [3.63, 3.8) is 0 Å². The molecule has 0 bridgehead atoms. The summed E-state index contributed by atoms with van der Waals surface area (Å²) in [6.07, 6.45) is 9.23. The molecule has 0 fully saturated rings. The van der Waals surface area contributed by atoms with Gasteiger partial charge in [-0.2, -0.15) is 4.98 Å². The average Bonchev–Trinajstić information content (AvgIpc) is 2.78. The van der Waals surface area contributed by atoms with Crippen LogP contribution in [0.3, 0.4) is 0 Å². The highest BCUT2D eigenvalue weighted by atomic mass is 16.5. The van der Waals surface area contributed by atoms with E-state index >= 15 is 0 Å². The molecule has 2 atom stereocenters. The molecule has 0 radical (unpaired) electrons. The Bertz CT molecular complexity index is 372. The predicted octanol–water partition coefficient (Wildman–Crippen LogP) is 2.78. The lowest BCUT2D eigenvalue weighted by Crippen LogP contribution is -2.28. The predicted molar refractivity (Wildman–Crippen MR) is 66.6 cm³/mol. The molecule has 0 amide bonds. The Hall–Kier alpha value is -1.16. The monoisotopic (exact) mass is 235 g/mol. The molecule has 2 rings (SSSR count). The largest absolute Gasteiger partial charge is 0.340 e. The van der Waals surface area contributed by atoms with E-state index in [0.717, 1.165) is 24.7 Å². The van der Waals surface area contributed by atoms with Crippen LogP contribution in [-0.4, -0.2) is 16.7 Å². The zero-order valence-electron chi connectivity index (χ0n) is 10.6. The third-order valence-electron chi connectivity index (χ3n) is 3.29. The van der Waals surface area contributed by atoms with E-state index < -0.39 is 0 Å². The van der Waals surface area contributed by atoms with E-state index in [9.17, 15) is 0 Å². The molecular formula is C13H21N3O. The highest BCUT2D eigenvalue weighted by molar-refractivity contribution is 4.95. The van der Waals surface area contributed by atoms with Crippen LogP contribution in [0.5, 0.6) is 0 Å². The normalized spacial score (nSPS) is 21.6. The molecule has 94 valence electrons. The number of aryl methyl sites for hydroxylation is 1. The molecule has 1 aromatic heterocycles. The van der Waals surface area contributed by atoms with Gasteiger partial charge in [-0.05, 0) is 38.1 Å². The highest BCUT2D eigenvalue weighted by Gasteiger charge is 2.17. The maximum atomic E-state index is 5.03. The molecule has 1 aliphatic carbocycles. The number of nitrogens with one attached hydrogen (secondary N) is 1. The van der Waals surface area contributed by atoms with Gasteiger partial charge >= 0.3 is 0 Å². The lowest BCUT2D eigenvalue weighted by molar-refractivity contribution is 0.360. The molecule has 1 aromatic rings. The minimum Gasteiger partial charge on any atom is -0.340 e. The maximum Gasteiger partial charge on any atom is 0.223 e. The summed E-state index contributed by atoms with van der Waals surface area (Å²) in [4.78, 5) is 4.29. The summed E-state index contributed by atoms with van der Waals surface area (Å²) in [5.74, 6) is 2.18. The number of hydrogen-bond donors (Lipinski definition) is 1. The number of hydrogen-bond acceptors (Lipinski definition) is 4. The van der Waals surface area contributed by atoms with Crippen molar-refractivity contribution in [3.8, 4) is 0 Å². The van der Waals surface area contributed by atoms with Gasteiger partial charge in [0, 0.05) is 6.92 Å². The molecule has 17 heavy (non-hydrogen) atoms. The van der Waals surface area contributed by atoms with Crippen LogP contribution < -0.4 is 5.32 Å². The van der Waals surface area contributed by atoms with E-state index in [1.165, 1.54) is 19.3 Å². The number of nitrogens with zero attached hydrogens (tertiary/aromatic N) is 2. The number of aromatic nitrogens is 2. The molecule has 0 unspecified atom stereocenters. The van der Waals surface area contributed by atoms with Gasteiger partial charge in [0.2, 0.25) is 5.89 Å². The summed E-state index contributed by atoms with van der Waals surface area (Å²) in [5.41, 5.74) is 0. The van der Waals surface area contributed by atoms with Crippen LogP contribution in [0, 0.1) is 12.8 Å². The maximum absolute atomic E-state index is 5.03. The van der Waals surface area contributed by atoms with Gasteiger partial charge in [0.1, 0.15) is 0 Å². The first kappa shape index (κ1) is 12.3. The minimum atomic E-state index is 0.221. The van der Waals surface area contributed by atoms with Gasteiger partial charge < -0.3 is 9.84 Å². The topological polar surface area (TPSA) is 51.0 Å². The van der Waals surface area contributed by atoms with Gasteiger partial charge in [-0.25, -0.2) is 0 Å². The second-order valence-corrected chi connectivity index (χ2v) is 4.69. The second-order valence-electron chi connectivity index (χ2n) is 4.69. The Morgan fingerprint density at radius 2 is 2.41 bits per heavy atom. The highest BCUT2D eigenvalue weighted by Crippen LogP contribution is 2.19. The summed E-state index contributed by atoms with van der Waals surface area (Å²) in [6.45, 7) is 5.01. The van der Waals surface area contributed by atoms with Crippen LogP contribution in [0.4, 0.5) is 0 Å². The van der Waals surface area contributed by atoms with Crippen LogP contribution >= 0.6 is 0 Å². The smallest absolute Gasteiger partial charge is 0.223 e. The Morgan fingerprint density at radius 3 is 3.00 bits per heavy atom. The van der Waals surface area contributed by atoms with Gasteiger partial charge in [-0.1, -0.05) is 24.2 Å². The fraction of sp³-hybridized carbons (Fsp3) is 0.692. The Labute approximate surface area is 102 Å². The van der Waals surface area contributed by atoms with E-state index in [-0.39, 0.29) is 6.04 Å². The molecule has 0 saturated heterocycles. The summed E-state index contributed by atoms with van der Waals surface area (Å²) in [6, 6.07) is 0.221. The van der Waals surface area contributed by atoms with E-state index in [2.05, 4.69) is 34.5 Å². The van der Waals surface area contributed by atoms with Crippen molar-refractivity contribution >= 4 is 0 Å². The fourth-order valence-corrected chi connectivity index (χ4v) is 2.23. The Kier molecular flexibility index (Phi) is 4.31. The first-order chi connectivity index (χ1) is 8.29. The van der Waals surface area contributed by atoms with Crippen LogP contribution in [0.2, 0.25) is 0 Å². The quantitative estimate of drug-likeness (QED) is 0.797. The van der Waals surface area contributed by atoms with Crippen LogP contribution in [0.25, 0.3) is 0 Å². The van der Waals surface area contributed by atoms with E-state index in [1.807, 2.05) is 6.92 Å². The average molecular weight is 235 g/mol. The van der Waals surface area contributed by atoms with Crippen molar-refractivity contribution in [3.05, 3.63) is 23.9 Å². The van der Waals surface area contributed by atoms with Crippen molar-refractivity contribution in [1.82, 2.24) is 15.5 Å². The summed E-state index contributed by atoms with van der Waals surface area (Å²) in [5, 5.41) is 7.54. The Balaban J connectivity index is 1.85. The second kappa shape index (κ2) is 5.96. The molecule has 1 heterocycles. The minimum absolute atomic E-state index is 0.221. The first-order valence-corrected chi connectivity index (χ1v) is 6.48. The van der Waals surface area contributed by atoms with Crippen LogP contribution in [-0.2, 0) is 0 Å². The van der Waals surface area contributed by atoms with E-state index in [1.54, 1.807) is 0 Å². The van der Waals surface area contributed by atoms with Gasteiger partial charge in [-0.15, -0.1) is 0 Å². The molecule has 4 heteroatoms. The SMILES string of the molecule is CC[C@H](NC[C@@H]1CC=CCC1)c1noc(C)n1. The molecule has 1 aliphatic rings. The van der Waals surface area contributed by atoms with Crippen LogP contribution in [0.15, 0.2) is 16.7 Å². The standard InChI is InChI=1S/C13H21N3O/c1-3-12(13-15-10(2)17-16-13)14-9-11-7-5-4-6-8-11/h4-5,11-12,14H,3,6-9H2,1-2H3/t11-,12+/m1/s1. The zero-order chi connectivity index (χ0) is 12.1. The molecule has 0 aliphatic heterocycles. The molecule has 0 saturated carbocycles. The van der Waals surface area contributed by atoms with Gasteiger partial charge in [0.25, 0.3) is 0 Å². The van der Waals surface area contributed by atoms with Crippen molar-refractivity contribution < 1.29 is 4.52 Å². The van der Waals surface area contributed by atoms with Crippen molar-refractivity contribution in [2.75, 3.05) is 6.54 Å². The number of rotatable bonds is 5. The van der Waals surface area contributed by atoms with Crippen molar-refractivity contribution in [1.29, 1.82) is 0 Å². The van der Waals surface area contributed by atoms with E-state index in [0.29, 0.717) is 5.89 Å². The summed E-state index contributed by atoms with van der Waals surface area (Å²) < 4.78 is 5.03. The Morgan fingerprint density at radius 1 is 1.53 bits per heavy atom. The molecule has 4 nitrogen and oxygen atoms in total. The molecular weight excluding hydrogens is 214 g/mol. The molecule has 0 spiro atoms. The van der Waals surface area contributed by atoms with Crippen LogP contribution in [0.1, 0.15) is 50.4 Å². The zero-order valence-corrected chi connectivity index (χ0v) is 10.6. The van der Waals surface area contributed by atoms with Gasteiger partial charge in [-0.3, -0.25) is 0 Å².